The van der Waals surface area contributed by atoms with E-state index in [4.69, 9.17) is 20.7 Å². The molecule has 1 aliphatic rings. The van der Waals surface area contributed by atoms with Crippen molar-refractivity contribution >= 4 is 40.5 Å². The van der Waals surface area contributed by atoms with Gasteiger partial charge >= 0.3 is 11.9 Å². The Hall–Kier alpha value is -3.84. The number of carboxylic acid groups (broad SMARTS) is 2. The molecule has 2 bridgehead atoms. The van der Waals surface area contributed by atoms with Crippen LogP contribution in [0.15, 0.2) is 17.0 Å². The molecule has 17 nitrogen and oxygen atoms in total. The number of rotatable bonds is 12. The monoisotopic (exact) mass is 673 g/mol. The van der Waals surface area contributed by atoms with Crippen molar-refractivity contribution in [2.75, 3.05) is 19.3 Å². The summed E-state index contributed by atoms with van der Waals surface area (Å²) in [4.78, 5) is 62.4. The molecule has 1 heterocycles. The van der Waals surface area contributed by atoms with Gasteiger partial charge in [0.15, 0.2) is 11.5 Å². The van der Waals surface area contributed by atoms with Crippen LogP contribution in [-0.2, 0) is 34.8 Å². The summed E-state index contributed by atoms with van der Waals surface area (Å²) in [5, 5.41) is 61.0. The summed E-state index contributed by atoms with van der Waals surface area (Å²) < 4.78 is 19.6. The van der Waals surface area contributed by atoms with Crippen molar-refractivity contribution in [2.45, 2.75) is 87.4 Å². The fraction of sp³-hybridized carbons (Fsp3) is 0.607. The van der Waals surface area contributed by atoms with Gasteiger partial charge < -0.3 is 57.3 Å². The number of aromatic hydroxyl groups is 1. The van der Waals surface area contributed by atoms with Crippen molar-refractivity contribution in [2.24, 2.45) is 11.7 Å². The first-order valence-electron chi connectivity index (χ1n) is 14.4. The average Bonchev–Trinajstić information content (AvgIpc) is 2.97. The number of carbonyl (C=O) groups is 5. The molecule has 2 rings (SSSR count). The number of carboxylic acids is 2. The first-order chi connectivity index (χ1) is 21.4. The molecule has 0 fully saturated rings. The first-order valence-corrected chi connectivity index (χ1v) is 15.7. The summed E-state index contributed by atoms with van der Waals surface area (Å²) in [5.41, 5.74) is 3.61. The summed E-state index contributed by atoms with van der Waals surface area (Å²) in [5.74, 6) is -7.46. The van der Waals surface area contributed by atoms with E-state index in [-0.39, 0.29) is 22.6 Å². The fourth-order valence-corrected chi connectivity index (χ4v) is 6.12. The summed E-state index contributed by atoms with van der Waals surface area (Å²) in [6.07, 6.45) is -3.71. The number of aliphatic hydroxyl groups is 2. The Morgan fingerprint density at radius 2 is 1.78 bits per heavy atom. The number of carbonyl (C=O) groups excluding carboxylic acids is 3. The number of aliphatic hydroxyl groups excluding tert-OH is 2. The number of nitrogens with one attached hydrogen (secondary N) is 4. The predicted molar refractivity (Wildman–Crippen MR) is 162 cm³/mol. The highest BCUT2D eigenvalue weighted by atomic mass is 32.2. The number of nitrogens with two attached hydrogens (primary N) is 1. The lowest BCUT2D eigenvalue weighted by Gasteiger charge is -2.38. The zero-order valence-corrected chi connectivity index (χ0v) is 26.9. The Balaban J connectivity index is 2.78. The van der Waals surface area contributed by atoms with Crippen molar-refractivity contribution < 1.29 is 58.5 Å². The van der Waals surface area contributed by atoms with Crippen LogP contribution in [0.4, 0.5) is 0 Å². The number of benzene rings is 1. The van der Waals surface area contributed by atoms with Crippen LogP contribution >= 0.6 is 0 Å². The molecule has 1 aromatic carbocycles. The molecule has 0 radical (unpaired) electrons. The number of aliphatic carboxylic acids is 2. The molecule has 0 saturated heterocycles. The van der Waals surface area contributed by atoms with Crippen molar-refractivity contribution in [3.8, 4) is 11.5 Å². The molecule has 0 spiro atoms. The van der Waals surface area contributed by atoms with Gasteiger partial charge in [0.05, 0.1) is 22.7 Å². The number of ether oxygens (including phenoxy) is 1. The third kappa shape index (κ3) is 9.35. The minimum absolute atomic E-state index is 0.00266. The standard InChI is InChI=1S/C28H43N5O12S/c1-6-28(4)23(26(41)31-10-19(36)37)33-24(39)20(12(2)3)32-25(40)21(30-5)22(38)14-8-17(45-28)16(35)9-18(14)46(44)11-13(34)7-15(29)27(42)43/h8-9,12-13,15,20-23,30,34-35,38H,6-7,10-11,29H2,1-5H3,(H,31,41)(H,32,40)(H,33,39)(H,36,37)(H,42,43)/t13-,15-,20-,21?,22+,23+,28+,46?/m0/s1. The van der Waals surface area contributed by atoms with Crippen LogP contribution in [0.2, 0.25) is 0 Å². The van der Waals surface area contributed by atoms with Crippen LogP contribution in [0.5, 0.6) is 11.5 Å². The zero-order chi connectivity index (χ0) is 35.1. The number of phenolic OH excluding ortho intramolecular Hbond substituents is 1. The predicted octanol–water partition coefficient (Wildman–Crippen LogP) is -2.33. The molecule has 0 saturated carbocycles. The van der Waals surface area contributed by atoms with Crippen LogP contribution in [0.3, 0.4) is 0 Å². The fourth-order valence-electron chi connectivity index (χ4n) is 4.77. The molecule has 46 heavy (non-hydrogen) atoms. The van der Waals surface area contributed by atoms with Gasteiger partial charge in [-0.15, -0.1) is 0 Å². The van der Waals surface area contributed by atoms with E-state index in [2.05, 4.69) is 21.3 Å². The lowest BCUT2D eigenvalue weighted by atomic mass is 9.91. The maximum atomic E-state index is 13.5. The van der Waals surface area contributed by atoms with Crippen LogP contribution in [0.25, 0.3) is 0 Å². The van der Waals surface area contributed by atoms with Gasteiger partial charge in [-0.25, -0.2) is 0 Å². The number of hydrogen-bond donors (Lipinski definition) is 10. The number of phenols is 1. The molecule has 18 heteroatoms. The van der Waals surface area contributed by atoms with Gasteiger partial charge in [-0.2, -0.15) is 0 Å². The maximum absolute atomic E-state index is 13.5. The van der Waals surface area contributed by atoms with Gasteiger partial charge in [0.25, 0.3) is 0 Å². The second kappa shape index (κ2) is 16.1. The normalized spacial score (nSPS) is 25.8. The van der Waals surface area contributed by atoms with E-state index < -0.39 is 113 Å². The lowest BCUT2D eigenvalue weighted by molar-refractivity contribution is -0.141. The molecule has 3 amide bonds. The number of amides is 3. The van der Waals surface area contributed by atoms with Crippen LogP contribution in [0, 0.1) is 5.92 Å². The van der Waals surface area contributed by atoms with E-state index >= 15 is 0 Å². The van der Waals surface area contributed by atoms with Crippen LogP contribution in [-0.4, -0.2) is 115 Å². The molecule has 8 atom stereocenters. The Morgan fingerprint density at radius 1 is 1.15 bits per heavy atom. The maximum Gasteiger partial charge on any atom is 0.322 e. The molecule has 0 aliphatic carbocycles. The van der Waals surface area contributed by atoms with E-state index in [1.165, 1.54) is 14.0 Å². The number of likely N-dealkylation sites (N-methyl/N-ethyl adjacent to an activating group) is 1. The Labute approximate surface area is 267 Å². The first kappa shape index (κ1) is 38.3. The van der Waals surface area contributed by atoms with E-state index in [0.29, 0.717) is 0 Å². The van der Waals surface area contributed by atoms with Crippen molar-refractivity contribution in [1.82, 2.24) is 21.3 Å². The van der Waals surface area contributed by atoms with Gasteiger partial charge in [-0.05, 0) is 32.4 Å². The topological polar surface area (TPSA) is 287 Å². The molecule has 2 unspecified atom stereocenters. The van der Waals surface area contributed by atoms with E-state index in [0.717, 1.165) is 12.1 Å². The third-order valence-corrected chi connectivity index (χ3v) is 9.15. The van der Waals surface area contributed by atoms with Crippen LogP contribution in [0.1, 0.15) is 52.2 Å². The SMILES string of the molecule is CC[C@@]1(C)Oc2cc(c(S(=O)C[C@@H](O)C[C@H](N)C(=O)O)cc2O)[C@@H](O)C(NC)C(=O)N[C@@H](C(C)C)C(=O)N[C@@H]1C(=O)NCC(=O)O. The number of hydrogen-bond acceptors (Lipinski definition) is 12. The summed E-state index contributed by atoms with van der Waals surface area (Å²) in [6.45, 7) is 5.46. The quantitative estimate of drug-likeness (QED) is 0.111. The zero-order valence-electron chi connectivity index (χ0n) is 26.1. The molecule has 0 aromatic heterocycles. The molecule has 258 valence electrons. The molecule has 1 aliphatic heterocycles. The Bertz CT molecular complexity index is 1340. The lowest BCUT2D eigenvalue weighted by Crippen LogP contribution is -2.65. The minimum Gasteiger partial charge on any atom is -0.504 e. The minimum atomic E-state index is -2.21. The molecular weight excluding hydrogens is 630 g/mol. The molecular formula is C28H43N5O12S. The largest absolute Gasteiger partial charge is 0.504 e. The summed E-state index contributed by atoms with van der Waals surface area (Å²) in [6, 6.07) is -3.68. The van der Waals surface area contributed by atoms with Gasteiger partial charge in [0.1, 0.15) is 42.4 Å². The highest BCUT2D eigenvalue weighted by Crippen LogP contribution is 2.39. The van der Waals surface area contributed by atoms with Gasteiger partial charge in [-0.3, -0.25) is 28.2 Å². The van der Waals surface area contributed by atoms with E-state index in [1.54, 1.807) is 20.8 Å². The van der Waals surface area contributed by atoms with Crippen molar-refractivity contribution in [3.05, 3.63) is 17.7 Å². The van der Waals surface area contributed by atoms with E-state index in [1.807, 2.05) is 0 Å². The molecule has 1 aromatic rings. The Morgan fingerprint density at radius 3 is 2.30 bits per heavy atom. The smallest absolute Gasteiger partial charge is 0.322 e. The third-order valence-electron chi connectivity index (χ3n) is 7.62. The van der Waals surface area contributed by atoms with Crippen molar-refractivity contribution in [3.63, 3.8) is 0 Å². The van der Waals surface area contributed by atoms with Crippen molar-refractivity contribution in [1.29, 1.82) is 0 Å². The second-order valence-electron chi connectivity index (χ2n) is 11.5. The van der Waals surface area contributed by atoms with Gasteiger partial charge in [0.2, 0.25) is 17.7 Å². The Kier molecular flexibility index (Phi) is 13.4. The average molecular weight is 674 g/mol. The summed E-state index contributed by atoms with van der Waals surface area (Å²) in [7, 11) is -0.859. The highest BCUT2D eigenvalue weighted by Gasteiger charge is 2.44. The molecule has 11 N–H and O–H groups in total. The second-order valence-corrected chi connectivity index (χ2v) is 12.9. The number of fused-ring (bicyclic) bond motifs is 2. The van der Waals surface area contributed by atoms with Gasteiger partial charge in [-0.1, -0.05) is 20.8 Å². The van der Waals surface area contributed by atoms with Crippen LogP contribution < -0.4 is 31.7 Å². The van der Waals surface area contributed by atoms with Gasteiger partial charge in [0, 0.05) is 22.9 Å². The van der Waals surface area contributed by atoms with E-state index in [9.17, 15) is 43.5 Å². The summed E-state index contributed by atoms with van der Waals surface area (Å²) >= 11 is 0. The highest BCUT2D eigenvalue weighted by molar-refractivity contribution is 7.85.